The molecule has 1 heterocycles. The Morgan fingerprint density at radius 2 is 2.00 bits per heavy atom. The summed E-state index contributed by atoms with van der Waals surface area (Å²) >= 11 is 0. The standard InChI is InChI=1S/C19H30N4O3/c1-6-20-17(21-11-14-9-7-8-10-16(14)25-5)22-15-12-23(13-15)18(24)26-19(2,3)4/h7-10,15H,6,11-13H2,1-5H3,(H2,20,21,22). The van der Waals surface area contributed by atoms with E-state index in [1.807, 2.05) is 52.0 Å². The molecule has 1 aliphatic rings. The van der Waals surface area contributed by atoms with Crippen molar-refractivity contribution in [2.24, 2.45) is 4.99 Å². The number of carbonyl (C=O) groups is 1. The summed E-state index contributed by atoms with van der Waals surface area (Å²) < 4.78 is 10.7. The molecule has 7 heteroatoms. The monoisotopic (exact) mass is 362 g/mol. The van der Waals surface area contributed by atoms with E-state index in [2.05, 4.69) is 15.6 Å². The quantitative estimate of drug-likeness (QED) is 0.621. The van der Waals surface area contributed by atoms with Gasteiger partial charge in [0.05, 0.1) is 19.7 Å². The van der Waals surface area contributed by atoms with Crippen molar-refractivity contribution in [3.05, 3.63) is 29.8 Å². The average molecular weight is 362 g/mol. The van der Waals surface area contributed by atoms with Crippen molar-refractivity contribution in [1.29, 1.82) is 0 Å². The molecule has 1 saturated heterocycles. The molecule has 2 N–H and O–H groups in total. The van der Waals surface area contributed by atoms with Gasteiger partial charge < -0.3 is 25.0 Å². The molecule has 0 saturated carbocycles. The second kappa shape index (κ2) is 8.78. The fourth-order valence-corrected chi connectivity index (χ4v) is 2.56. The number of aliphatic imine (C=N–C) groups is 1. The molecule has 0 aromatic heterocycles. The number of ether oxygens (including phenoxy) is 2. The first kappa shape index (κ1) is 19.9. The minimum Gasteiger partial charge on any atom is -0.496 e. The lowest BCUT2D eigenvalue weighted by atomic mass is 10.1. The number of nitrogens with zero attached hydrogens (tertiary/aromatic N) is 2. The van der Waals surface area contributed by atoms with Crippen molar-refractivity contribution >= 4 is 12.1 Å². The van der Waals surface area contributed by atoms with E-state index < -0.39 is 5.60 Å². The normalized spacial score (nSPS) is 15.3. The number of carbonyl (C=O) groups excluding carboxylic acids is 1. The molecule has 0 atom stereocenters. The van der Waals surface area contributed by atoms with Gasteiger partial charge in [-0.25, -0.2) is 9.79 Å². The molecule has 1 aromatic rings. The summed E-state index contributed by atoms with van der Waals surface area (Å²) in [6.45, 7) is 10.1. The van der Waals surface area contributed by atoms with Crippen molar-refractivity contribution in [2.75, 3.05) is 26.7 Å². The van der Waals surface area contributed by atoms with Crippen LogP contribution in [-0.2, 0) is 11.3 Å². The van der Waals surface area contributed by atoms with Gasteiger partial charge in [0.15, 0.2) is 5.96 Å². The van der Waals surface area contributed by atoms with Crippen LogP contribution in [0.25, 0.3) is 0 Å². The SMILES string of the molecule is CCNC(=NCc1ccccc1OC)NC1CN(C(=O)OC(C)(C)C)C1. The Kier molecular flexibility index (Phi) is 6.71. The molecule has 1 aliphatic heterocycles. The van der Waals surface area contributed by atoms with Gasteiger partial charge in [0, 0.05) is 25.2 Å². The fourth-order valence-electron chi connectivity index (χ4n) is 2.56. The Morgan fingerprint density at radius 3 is 2.62 bits per heavy atom. The van der Waals surface area contributed by atoms with Crippen LogP contribution in [-0.4, -0.2) is 55.3 Å². The molecule has 1 aromatic carbocycles. The molecule has 144 valence electrons. The van der Waals surface area contributed by atoms with E-state index in [1.165, 1.54) is 0 Å². The third kappa shape index (κ3) is 5.82. The van der Waals surface area contributed by atoms with Crippen LogP contribution in [0.3, 0.4) is 0 Å². The van der Waals surface area contributed by atoms with Crippen molar-refractivity contribution < 1.29 is 14.3 Å². The predicted octanol–water partition coefficient (Wildman–Crippen LogP) is 2.37. The summed E-state index contributed by atoms with van der Waals surface area (Å²) in [4.78, 5) is 18.3. The van der Waals surface area contributed by atoms with Crippen molar-refractivity contribution in [2.45, 2.75) is 45.9 Å². The lowest BCUT2D eigenvalue weighted by molar-refractivity contribution is 0.00701. The molecule has 0 bridgehead atoms. The Morgan fingerprint density at radius 1 is 1.31 bits per heavy atom. The number of rotatable bonds is 5. The van der Waals surface area contributed by atoms with E-state index in [1.54, 1.807) is 12.0 Å². The van der Waals surface area contributed by atoms with Crippen LogP contribution in [0, 0.1) is 0 Å². The summed E-state index contributed by atoms with van der Waals surface area (Å²) in [5.41, 5.74) is 0.553. The topological polar surface area (TPSA) is 75.2 Å². The zero-order valence-corrected chi connectivity index (χ0v) is 16.3. The van der Waals surface area contributed by atoms with Gasteiger partial charge in [0.2, 0.25) is 0 Å². The molecule has 7 nitrogen and oxygen atoms in total. The zero-order chi connectivity index (χ0) is 19.2. The Hall–Kier alpha value is -2.44. The smallest absolute Gasteiger partial charge is 0.410 e. The molecular weight excluding hydrogens is 332 g/mol. The maximum Gasteiger partial charge on any atom is 0.410 e. The minimum atomic E-state index is -0.472. The lowest BCUT2D eigenvalue weighted by Crippen LogP contribution is -2.63. The number of benzene rings is 1. The van der Waals surface area contributed by atoms with E-state index in [9.17, 15) is 4.79 Å². The van der Waals surface area contributed by atoms with Crippen LogP contribution in [0.2, 0.25) is 0 Å². The van der Waals surface area contributed by atoms with Crippen LogP contribution in [0.4, 0.5) is 4.79 Å². The number of likely N-dealkylation sites (tertiary alicyclic amines) is 1. The highest BCUT2D eigenvalue weighted by Gasteiger charge is 2.34. The molecule has 0 spiro atoms. The summed E-state index contributed by atoms with van der Waals surface area (Å²) in [5, 5.41) is 6.59. The van der Waals surface area contributed by atoms with Crippen LogP contribution in [0.1, 0.15) is 33.3 Å². The number of guanidine groups is 1. The zero-order valence-electron chi connectivity index (χ0n) is 16.3. The third-order valence-corrected chi connectivity index (χ3v) is 3.82. The fraction of sp³-hybridized carbons (Fsp3) is 0.579. The Bertz CT molecular complexity index is 634. The van der Waals surface area contributed by atoms with Gasteiger partial charge in [-0.2, -0.15) is 0 Å². The molecule has 1 amide bonds. The molecule has 2 rings (SSSR count). The van der Waals surface area contributed by atoms with Gasteiger partial charge in [0.1, 0.15) is 11.4 Å². The number of amides is 1. The van der Waals surface area contributed by atoms with Crippen LogP contribution in [0.15, 0.2) is 29.3 Å². The summed E-state index contributed by atoms with van der Waals surface area (Å²) in [5.74, 6) is 1.55. The van der Waals surface area contributed by atoms with Crippen LogP contribution >= 0.6 is 0 Å². The molecule has 26 heavy (non-hydrogen) atoms. The molecule has 0 radical (unpaired) electrons. The van der Waals surface area contributed by atoms with E-state index in [4.69, 9.17) is 9.47 Å². The first-order valence-corrected chi connectivity index (χ1v) is 8.97. The third-order valence-electron chi connectivity index (χ3n) is 3.82. The number of para-hydroxylation sites is 1. The number of hydrogen-bond acceptors (Lipinski definition) is 4. The number of nitrogens with one attached hydrogen (secondary N) is 2. The second-order valence-corrected chi connectivity index (χ2v) is 7.23. The van der Waals surface area contributed by atoms with E-state index in [0.29, 0.717) is 19.6 Å². The molecule has 0 unspecified atom stereocenters. The predicted molar refractivity (Wildman–Crippen MR) is 103 cm³/mol. The highest BCUT2D eigenvalue weighted by Crippen LogP contribution is 2.18. The van der Waals surface area contributed by atoms with E-state index in [-0.39, 0.29) is 12.1 Å². The van der Waals surface area contributed by atoms with E-state index >= 15 is 0 Å². The van der Waals surface area contributed by atoms with Crippen molar-refractivity contribution in [3.8, 4) is 5.75 Å². The van der Waals surface area contributed by atoms with Crippen LogP contribution < -0.4 is 15.4 Å². The van der Waals surface area contributed by atoms with Crippen molar-refractivity contribution in [3.63, 3.8) is 0 Å². The van der Waals surface area contributed by atoms with Gasteiger partial charge >= 0.3 is 6.09 Å². The summed E-state index contributed by atoms with van der Waals surface area (Å²) in [6, 6.07) is 8.00. The average Bonchev–Trinajstić information content (AvgIpc) is 2.53. The van der Waals surface area contributed by atoms with Gasteiger partial charge in [0.25, 0.3) is 0 Å². The maximum atomic E-state index is 12.0. The summed E-state index contributed by atoms with van der Waals surface area (Å²) in [6.07, 6.45) is -0.272. The highest BCUT2D eigenvalue weighted by molar-refractivity contribution is 5.80. The molecular formula is C19H30N4O3. The Labute approximate surface area is 155 Å². The number of methoxy groups -OCH3 is 1. The molecule has 1 fully saturated rings. The maximum absolute atomic E-state index is 12.0. The largest absolute Gasteiger partial charge is 0.496 e. The van der Waals surface area contributed by atoms with E-state index in [0.717, 1.165) is 23.8 Å². The molecule has 0 aliphatic carbocycles. The van der Waals surface area contributed by atoms with Gasteiger partial charge in [-0.05, 0) is 33.8 Å². The second-order valence-electron chi connectivity index (χ2n) is 7.23. The first-order chi connectivity index (χ1) is 12.3. The highest BCUT2D eigenvalue weighted by atomic mass is 16.6. The minimum absolute atomic E-state index is 0.165. The van der Waals surface area contributed by atoms with Gasteiger partial charge in [-0.15, -0.1) is 0 Å². The summed E-state index contributed by atoms with van der Waals surface area (Å²) in [7, 11) is 1.66. The van der Waals surface area contributed by atoms with Crippen LogP contribution in [0.5, 0.6) is 5.75 Å². The Balaban J connectivity index is 1.88. The lowest BCUT2D eigenvalue weighted by Gasteiger charge is -2.40. The van der Waals surface area contributed by atoms with Gasteiger partial charge in [-0.1, -0.05) is 18.2 Å². The van der Waals surface area contributed by atoms with Gasteiger partial charge in [-0.3, -0.25) is 0 Å². The van der Waals surface area contributed by atoms with Crippen molar-refractivity contribution in [1.82, 2.24) is 15.5 Å². The first-order valence-electron chi connectivity index (χ1n) is 8.97. The number of hydrogen-bond donors (Lipinski definition) is 2.